The van der Waals surface area contributed by atoms with E-state index in [0.717, 1.165) is 10.9 Å². The van der Waals surface area contributed by atoms with Gasteiger partial charge < -0.3 is 14.7 Å². The molecule has 1 N–H and O–H groups in total. The molecule has 0 unspecified atom stereocenters. The molecular weight excluding hydrogens is 308 g/mol. The van der Waals surface area contributed by atoms with Crippen molar-refractivity contribution < 1.29 is 19.4 Å². The fourth-order valence-corrected chi connectivity index (χ4v) is 3.00. The third kappa shape index (κ3) is 2.15. The lowest BCUT2D eigenvalue weighted by Gasteiger charge is -2.21. The third-order valence-electron chi connectivity index (χ3n) is 4.23. The van der Waals surface area contributed by atoms with Crippen LogP contribution in [0.4, 0.5) is 0 Å². The number of hydrogen-bond donors (Lipinski definition) is 1. The second-order valence-corrected chi connectivity index (χ2v) is 5.72. The summed E-state index contributed by atoms with van der Waals surface area (Å²) < 4.78 is 5.09. The maximum Gasteiger partial charge on any atom is 0.333 e. The Bertz CT molecular complexity index is 959. The van der Waals surface area contributed by atoms with Gasteiger partial charge in [0.2, 0.25) is 0 Å². The van der Waals surface area contributed by atoms with Crippen molar-refractivity contribution in [3.63, 3.8) is 0 Å². The number of cyclic esters (lactones) is 1. The summed E-state index contributed by atoms with van der Waals surface area (Å²) in [4.78, 5) is 30.8. The van der Waals surface area contributed by atoms with Gasteiger partial charge in [-0.15, -0.1) is 0 Å². The van der Waals surface area contributed by atoms with E-state index in [1.54, 1.807) is 36.1 Å². The molecule has 2 aliphatic rings. The summed E-state index contributed by atoms with van der Waals surface area (Å²) >= 11 is 0. The van der Waals surface area contributed by atoms with Crippen LogP contribution in [-0.4, -0.2) is 33.5 Å². The molecule has 2 aromatic rings. The first kappa shape index (κ1) is 14.4. The molecule has 2 aliphatic heterocycles. The molecule has 0 aliphatic carbocycles. The Morgan fingerprint density at radius 2 is 2.12 bits per heavy atom. The summed E-state index contributed by atoms with van der Waals surface area (Å²) in [5, 5.41) is 10.4. The highest BCUT2D eigenvalue weighted by Gasteiger charge is 2.34. The lowest BCUT2D eigenvalue weighted by Crippen LogP contribution is -2.30. The first-order valence-electron chi connectivity index (χ1n) is 7.55. The number of rotatable bonds is 0. The fraction of sp³-hybridized carbons (Fsp3) is 0.167. The smallest absolute Gasteiger partial charge is 0.333 e. The normalized spacial score (nSPS) is 21.0. The van der Waals surface area contributed by atoms with Gasteiger partial charge in [-0.3, -0.25) is 4.79 Å². The molecule has 1 aromatic heterocycles. The van der Waals surface area contributed by atoms with Crippen molar-refractivity contribution in [3.8, 4) is 5.75 Å². The summed E-state index contributed by atoms with van der Waals surface area (Å²) in [6.07, 6.45) is 2.97. The van der Waals surface area contributed by atoms with Crippen LogP contribution in [0.25, 0.3) is 16.6 Å². The SMILES string of the molecule is CC=C1COC(=O)/C=C2/c3nc4ccc(O)cc4cc3CN2C1=O. The number of hydrogen-bond acceptors (Lipinski definition) is 5. The van der Waals surface area contributed by atoms with Gasteiger partial charge in [0, 0.05) is 17.0 Å². The van der Waals surface area contributed by atoms with Gasteiger partial charge in [0.25, 0.3) is 5.91 Å². The van der Waals surface area contributed by atoms with Crippen molar-refractivity contribution >= 4 is 28.5 Å². The van der Waals surface area contributed by atoms with Crippen molar-refractivity contribution in [2.24, 2.45) is 0 Å². The highest BCUT2D eigenvalue weighted by atomic mass is 16.5. The van der Waals surface area contributed by atoms with Gasteiger partial charge in [-0.25, -0.2) is 9.78 Å². The van der Waals surface area contributed by atoms with Gasteiger partial charge in [-0.05, 0) is 31.2 Å². The third-order valence-corrected chi connectivity index (χ3v) is 4.23. The number of amides is 1. The molecule has 4 rings (SSSR count). The van der Waals surface area contributed by atoms with Crippen molar-refractivity contribution in [1.29, 1.82) is 0 Å². The summed E-state index contributed by atoms with van der Waals surface area (Å²) in [6.45, 7) is 2.04. The van der Waals surface area contributed by atoms with Gasteiger partial charge >= 0.3 is 5.97 Å². The Balaban J connectivity index is 1.91. The number of phenols is 1. The second-order valence-electron chi connectivity index (χ2n) is 5.72. The number of aromatic hydroxyl groups is 1. The van der Waals surface area contributed by atoms with Crippen molar-refractivity contribution in [2.75, 3.05) is 6.61 Å². The Morgan fingerprint density at radius 3 is 2.92 bits per heavy atom. The van der Waals surface area contributed by atoms with Crippen LogP contribution in [0.3, 0.4) is 0 Å². The number of allylic oxidation sites excluding steroid dienone is 1. The second kappa shape index (κ2) is 5.19. The molecule has 6 heteroatoms. The zero-order valence-corrected chi connectivity index (χ0v) is 12.9. The molecule has 120 valence electrons. The lowest BCUT2D eigenvalue weighted by atomic mass is 10.1. The highest BCUT2D eigenvalue weighted by Crippen LogP contribution is 2.35. The number of carbonyl (C=O) groups excluding carboxylic acids is 2. The first-order chi connectivity index (χ1) is 11.6. The van der Waals surface area contributed by atoms with Gasteiger partial charge in [-0.2, -0.15) is 0 Å². The van der Waals surface area contributed by atoms with Gasteiger partial charge in [0.05, 0.1) is 29.0 Å². The first-order valence-corrected chi connectivity index (χ1v) is 7.55. The van der Waals surface area contributed by atoms with Crippen LogP contribution in [0.1, 0.15) is 18.2 Å². The van der Waals surface area contributed by atoms with Crippen molar-refractivity contribution in [3.05, 3.63) is 53.2 Å². The molecule has 0 atom stereocenters. The minimum absolute atomic E-state index is 0.0337. The summed E-state index contributed by atoms with van der Waals surface area (Å²) in [7, 11) is 0. The van der Waals surface area contributed by atoms with E-state index >= 15 is 0 Å². The number of fused-ring (bicyclic) bond motifs is 4. The number of pyridine rings is 1. The van der Waals surface area contributed by atoms with E-state index in [2.05, 4.69) is 4.98 Å². The molecule has 0 spiro atoms. The largest absolute Gasteiger partial charge is 0.508 e. The van der Waals surface area contributed by atoms with Crippen LogP contribution < -0.4 is 0 Å². The maximum atomic E-state index is 12.7. The van der Waals surface area contributed by atoms with Crippen LogP contribution in [-0.2, 0) is 20.9 Å². The zero-order valence-electron chi connectivity index (χ0n) is 12.9. The predicted octanol–water partition coefficient (Wildman–Crippen LogP) is 2.13. The molecule has 3 heterocycles. The van der Waals surface area contributed by atoms with Gasteiger partial charge in [0.15, 0.2) is 0 Å². The molecule has 0 saturated carbocycles. The van der Waals surface area contributed by atoms with E-state index in [-0.39, 0.29) is 18.3 Å². The van der Waals surface area contributed by atoms with Crippen LogP contribution in [0.2, 0.25) is 0 Å². The topological polar surface area (TPSA) is 79.7 Å². The predicted molar refractivity (Wildman–Crippen MR) is 86.7 cm³/mol. The molecular formula is C18H14N2O4. The minimum Gasteiger partial charge on any atom is -0.508 e. The molecule has 1 amide bonds. The van der Waals surface area contributed by atoms with Crippen LogP contribution in [0.15, 0.2) is 42.0 Å². The quantitative estimate of drug-likeness (QED) is 0.594. The minimum atomic E-state index is -0.498. The number of aromatic nitrogens is 1. The molecule has 0 fully saturated rings. The summed E-state index contributed by atoms with van der Waals surface area (Å²) in [6, 6.07) is 6.77. The highest BCUT2D eigenvalue weighted by molar-refractivity contribution is 6.05. The molecule has 0 bridgehead atoms. The van der Waals surface area contributed by atoms with E-state index in [9.17, 15) is 14.7 Å². The fourth-order valence-electron chi connectivity index (χ4n) is 3.00. The monoisotopic (exact) mass is 322 g/mol. The number of nitrogens with zero attached hydrogens (tertiary/aromatic N) is 2. The number of carbonyl (C=O) groups is 2. The van der Waals surface area contributed by atoms with Gasteiger partial charge in [0.1, 0.15) is 12.4 Å². The molecule has 6 nitrogen and oxygen atoms in total. The number of phenolic OH excluding ortho intramolecular Hbond substituents is 1. The Labute approximate surface area is 137 Å². The molecule has 1 aromatic carbocycles. The van der Waals surface area contributed by atoms with Crippen LogP contribution >= 0.6 is 0 Å². The zero-order chi connectivity index (χ0) is 16.8. The molecule has 0 radical (unpaired) electrons. The number of benzene rings is 1. The average molecular weight is 322 g/mol. The van der Waals surface area contributed by atoms with Gasteiger partial charge in [-0.1, -0.05) is 6.08 Å². The molecule has 0 saturated heterocycles. The van der Waals surface area contributed by atoms with E-state index < -0.39 is 5.97 Å². The van der Waals surface area contributed by atoms with E-state index in [0.29, 0.717) is 29.0 Å². The van der Waals surface area contributed by atoms with E-state index in [1.165, 1.54) is 6.08 Å². The van der Waals surface area contributed by atoms with E-state index in [1.807, 2.05) is 6.07 Å². The Morgan fingerprint density at radius 1 is 1.29 bits per heavy atom. The standard InChI is InChI=1S/C18H14N2O4/c1-2-10-9-24-16(22)7-15-17-12(8-20(15)18(10)23)5-11-6-13(21)3-4-14(11)19-17/h2-7,21H,8-9H2,1H3/b10-2?,15-7-. The molecule has 24 heavy (non-hydrogen) atoms. The van der Waals surface area contributed by atoms with Crippen LogP contribution in [0.5, 0.6) is 5.75 Å². The Hall–Kier alpha value is -3.15. The van der Waals surface area contributed by atoms with Crippen molar-refractivity contribution in [1.82, 2.24) is 9.88 Å². The summed E-state index contributed by atoms with van der Waals surface area (Å²) in [5.41, 5.74) is 3.00. The average Bonchev–Trinajstić information content (AvgIpc) is 2.89. The number of ether oxygens (including phenoxy) is 1. The van der Waals surface area contributed by atoms with E-state index in [4.69, 9.17) is 4.74 Å². The maximum absolute atomic E-state index is 12.7. The van der Waals surface area contributed by atoms with Crippen molar-refractivity contribution in [2.45, 2.75) is 13.5 Å². The Kier molecular flexibility index (Phi) is 3.13. The lowest BCUT2D eigenvalue weighted by molar-refractivity contribution is -0.138. The van der Waals surface area contributed by atoms with Crippen LogP contribution in [0, 0.1) is 0 Å². The summed E-state index contributed by atoms with van der Waals surface area (Å²) in [5.74, 6) is -0.535. The number of esters is 1.